The fraction of sp³-hybridized carbons (Fsp3) is 0.429. The molecule has 130 valence electrons. The molecule has 0 fully saturated rings. The average Bonchev–Trinajstić information content (AvgIpc) is 2.50. The number of carbonyl (C=O) groups is 4. The van der Waals surface area contributed by atoms with E-state index in [1.54, 1.807) is 0 Å². The molecule has 10 nitrogen and oxygen atoms in total. The monoisotopic (exact) mass is 338 g/mol. The highest BCUT2D eigenvalue weighted by Gasteiger charge is 2.39. The molecule has 2 rings (SSSR count). The molecule has 0 radical (unpaired) electrons. The first-order chi connectivity index (χ1) is 11.1. The number of rotatable bonds is 5. The van der Waals surface area contributed by atoms with Gasteiger partial charge < -0.3 is 45.9 Å². The molecule has 1 aliphatic carbocycles. The molecule has 1 aliphatic heterocycles. The van der Waals surface area contributed by atoms with Crippen LogP contribution in [-0.2, 0) is 19.2 Å². The number of aliphatic hydroxyl groups excluding tert-OH is 1. The van der Waals surface area contributed by atoms with E-state index in [0.717, 1.165) is 0 Å². The number of carboxylic acids is 3. The Morgan fingerprint density at radius 3 is 2.42 bits per heavy atom. The molecule has 1 heterocycles. The fourth-order valence-electron chi connectivity index (χ4n) is 2.74. The number of allylic oxidation sites excluding steroid dienone is 1. The van der Waals surface area contributed by atoms with Crippen LogP contribution in [0, 0.1) is 5.92 Å². The Kier molecular flexibility index (Phi) is 4.71. The molecule has 4 unspecified atom stereocenters. The normalized spacial score (nSPS) is 27.7. The summed E-state index contributed by atoms with van der Waals surface area (Å²) < 4.78 is 0. The maximum Gasteiger partial charge on any atom is 0.211 e. The third kappa shape index (κ3) is 3.14. The number of carboxylic acid groups (broad SMARTS) is 3. The first kappa shape index (κ1) is 17.6. The van der Waals surface area contributed by atoms with Crippen molar-refractivity contribution in [3.05, 3.63) is 22.9 Å². The summed E-state index contributed by atoms with van der Waals surface area (Å²) in [4.78, 5) is 45.3. The highest BCUT2D eigenvalue weighted by Crippen LogP contribution is 2.33. The minimum absolute atomic E-state index is 0.0390. The Morgan fingerprint density at radius 2 is 1.92 bits per heavy atom. The van der Waals surface area contributed by atoms with Crippen LogP contribution in [-0.4, -0.2) is 47.0 Å². The van der Waals surface area contributed by atoms with Crippen LogP contribution in [0.15, 0.2) is 22.9 Å². The van der Waals surface area contributed by atoms with Crippen molar-refractivity contribution in [2.24, 2.45) is 5.92 Å². The quantitative estimate of drug-likeness (QED) is 0.436. The summed E-state index contributed by atoms with van der Waals surface area (Å²) in [7, 11) is 0. The molecule has 10 heteroatoms. The zero-order valence-corrected chi connectivity index (χ0v) is 12.3. The number of Topliss-reactive ketones (excluding diaryl/α,β-unsaturated/α-hetero) is 1. The van der Waals surface area contributed by atoms with Gasteiger partial charge in [0, 0.05) is 18.3 Å². The molecule has 0 aromatic heterocycles. The molecule has 0 bridgehead atoms. The topological polar surface area (TPSA) is 197 Å². The number of nitrogens with one attached hydrogen (secondary N) is 1. The van der Waals surface area contributed by atoms with Crippen LogP contribution in [0.2, 0.25) is 0 Å². The van der Waals surface area contributed by atoms with Crippen molar-refractivity contribution in [2.45, 2.75) is 31.0 Å². The molecule has 2 aliphatic rings. The summed E-state index contributed by atoms with van der Waals surface area (Å²) in [5.74, 6) is -7.06. The molecule has 5 N–H and O–H groups in total. The van der Waals surface area contributed by atoms with Gasteiger partial charge in [0.25, 0.3) is 0 Å². The van der Waals surface area contributed by atoms with Gasteiger partial charge in [-0.2, -0.15) is 0 Å². The van der Waals surface area contributed by atoms with E-state index < -0.39 is 54.2 Å². The summed E-state index contributed by atoms with van der Waals surface area (Å²) in [6.45, 7) is 0. The number of carbonyl (C=O) groups excluding carboxylic acids is 4. The standard InChI is InChI=1S/C14H16N2O8/c15-7(13(21)22)2-4-1-5-6(12(19)20)3-8(14(23)24)16-9(5)11(18)10(4)17/h1,6-8,10,16-17H,2-3,15H2,(H,19,20)(H,21,22)(H,23,24)/p-2. The van der Waals surface area contributed by atoms with Crippen LogP contribution in [0.25, 0.3) is 0 Å². The molecular weight excluding hydrogens is 324 g/mol. The summed E-state index contributed by atoms with van der Waals surface area (Å²) in [6.07, 6.45) is -1.30. The van der Waals surface area contributed by atoms with Crippen LogP contribution >= 0.6 is 0 Å². The third-order valence-electron chi connectivity index (χ3n) is 4.03. The van der Waals surface area contributed by atoms with Gasteiger partial charge >= 0.3 is 0 Å². The molecule has 4 atom stereocenters. The molecular formula is C14H14N2O8-2. The van der Waals surface area contributed by atoms with Gasteiger partial charge in [0.1, 0.15) is 12.1 Å². The predicted octanol–water partition coefficient (Wildman–Crippen LogP) is -6.66. The lowest BCUT2D eigenvalue weighted by atomic mass is 9.79. The summed E-state index contributed by atoms with van der Waals surface area (Å²) in [5.41, 5.74) is 2.86. The van der Waals surface area contributed by atoms with Crippen LogP contribution in [0.5, 0.6) is 0 Å². The van der Waals surface area contributed by atoms with Crippen molar-refractivity contribution < 1.29 is 45.3 Å². The van der Waals surface area contributed by atoms with E-state index in [4.69, 9.17) is 0 Å². The van der Waals surface area contributed by atoms with Gasteiger partial charge in [0.2, 0.25) is 5.78 Å². The van der Waals surface area contributed by atoms with Gasteiger partial charge in [-0.15, -0.1) is 0 Å². The minimum Gasteiger partial charge on any atom is -0.549 e. The van der Waals surface area contributed by atoms with Crippen molar-refractivity contribution in [1.29, 1.82) is 0 Å². The highest BCUT2D eigenvalue weighted by atomic mass is 16.4. The molecule has 24 heavy (non-hydrogen) atoms. The molecule has 0 aromatic carbocycles. The first-order valence-electron chi connectivity index (χ1n) is 7.02. The maximum atomic E-state index is 12.2. The molecule has 0 spiro atoms. The lowest BCUT2D eigenvalue weighted by molar-refractivity contribution is -0.437. The number of aliphatic hydroxyl groups is 1. The lowest BCUT2D eigenvalue weighted by Gasteiger charge is -2.38. The fourth-order valence-corrected chi connectivity index (χ4v) is 2.74. The molecule has 0 saturated carbocycles. The Bertz CT molecular complexity index is 680. The van der Waals surface area contributed by atoms with E-state index in [1.807, 2.05) is 0 Å². The van der Waals surface area contributed by atoms with Crippen molar-refractivity contribution >= 4 is 23.7 Å². The van der Waals surface area contributed by atoms with Gasteiger partial charge in [-0.3, -0.25) is 4.79 Å². The second-order valence-corrected chi connectivity index (χ2v) is 5.66. The van der Waals surface area contributed by atoms with Crippen LogP contribution in [0.4, 0.5) is 0 Å². The highest BCUT2D eigenvalue weighted by molar-refractivity contribution is 6.04. The first-order valence-corrected chi connectivity index (χ1v) is 7.02. The van der Waals surface area contributed by atoms with E-state index in [9.17, 15) is 39.6 Å². The van der Waals surface area contributed by atoms with Crippen LogP contribution < -0.4 is 26.4 Å². The predicted molar refractivity (Wildman–Crippen MR) is 67.5 cm³/mol. The number of quaternary nitrogens is 1. The van der Waals surface area contributed by atoms with Gasteiger partial charge in [0.15, 0.2) is 0 Å². The van der Waals surface area contributed by atoms with E-state index >= 15 is 0 Å². The van der Waals surface area contributed by atoms with E-state index in [-0.39, 0.29) is 23.3 Å². The van der Waals surface area contributed by atoms with Gasteiger partial charge in [0.05, 0.1) is 23.7 Å². The maximum absolute atomic E-state index is 12.2. The second kappa shape index (κ2) is 6.42. The lowest BCUT2D eigenvalue weighted by Crippen LogP contribution is -2.68. The zero-order valence-electron chi connectivity index (χ0n) is 12.3. The van der Waals surface area contributed by atoms with E-state index in [1.165, 1.54) is 6.08 Å². The molecule has 0 saturated heterocycles. The number of ketones is 1. The summed E-state index contributed by atoms with van der Waals surface area (Å²) in [5, 5.41) is 45.4. The van der Waals surface area contributed by atoms with Gasteiger partial charge in [-0.25, -0.2) is 0 Å². The largest absolute Gasteiger partial charge is 0.549 e. The van der Waals surface area contributed by atoms with E-state index in [2.05, 4.69) is 11.1 Å². The Hall–Kier alpha value is -2.72. The van der Waals surface area contributed by atoms with Gasteiger partial charge in [-0.05, 0) is 17.6 Å². The van der Waals surface area contributed by atoms with Gasteiger partial charge in [-0.1, -0.05) is 6.08 Å². The Labute approximate surface area is 135 Å². The number of hydrogen-bond acceptors (Lipinski definition) is 9. The van der Waals surface area contributed by atoms with E-state index in [0.29, 0.717) is 0 Å². The minimum atomic E-state index is -1.73. The van der Waals surface area contributed by atoms with Crippen molar-refractivity contribution in [2.75, 3.05) is 0 Å². The Balaban J connectivity index is 2.46. The Morgan fingerprint density at radius 1 is 1.29 bits per heavy atom. The SMILES string of the molecule is [NH3+]C(CC1=CC2=C(NC(C(=O)[O-])CC2C(=O)[O-])C(=O)C1O)C(=O)[O-]. The zero-order chi connectivity index (χ0) is 18.2. The second-order valence-electron chi connectivity index (χ2n) is 5.66. The number of aliphatic carboxylic acids is 3. The van der Waals surface area contributed by atoms with Crippen LogP contribution in [0.1, 0.15) is 12.8 Å². The third-order valence-corrected chi connectivity index (χ3v) is 4.03. The van der Waals surface area contributed by atoms with Crippen LogP contribution in [0.3, 0.4) is 0 Å². The molecule has 0 amide bonds. The smallest absolute Gasteiger partial charge is 0.211 e. The van der Waals surface area contributed by atoms with Crippen molar-refractivity contribution in [3.63, 3.8) is 0 Å². The average molecular weight is 338 g/mol. The van der Waals surface area contributed by atoms with Crippen molar-refractivity contribution in [1.82, 2.24) is 5.32 Å². The molecule has 0 aromatic rings. The number of hydrogen-bond donors (Lipinski definition) is 3. The summed E-state index contributed by atoms with van der Waals surface area (Å²) in [6, 6.07) is -2.68. The van der Waals surface area contributed by atoms with Crippen molar-refractivity contribution in [3.8, 4) is 0 Å². The summed E-state index contributed by atoms with van der Waals surface area (Å²) >= 11 is 0.